The van der Waals surface area contributed by atoms with Crippen LogP contribution in [0.1, 0.15) is 26.7 Å². The lowest BCUT2D eigenvalue weighted by atomic mass is 9.83. The molecular weight excluding hydrogens is 290 g/mol. The van der Waals surface area contributed by atoms with Gasteiger partial charge >= 0.3 is 0 Å². The first-order valence-corrected chi connectivity index (χ1v) is 8.71. The fourth-order valence-corrected chi connectivity index (χ4v) is 3.61. The van der Waals surface area contributed by atoms with E-state index in [4.69, 9.17) is 4.74 Å². The number of pyridine rings is 1. The third-order valence-electron chi connectivity index (χ3n) is 3.78. The number of sulfonamides is 1. The number of ether oxygens (including phenoxy) is 1. The molecule has 7 heteroatoms. The maximum atomic E-state index is 12.5. The molecule has 2 heterocycles. The van der Waals surface area contributed by atoms with Crippen molar-refractivity contribution in [3.63, 3.8) is 0 Å². The fraction of sp³-hybridized carbons (Fsp3) is 0.643. The molecule has 0 spiro atoms. The molecule has 2 rings (SSSR count). The zero-order valence-corrected chi connectivity index (χ0v) is 13.4. The highest BCUT2D eigenvalue weighted by molar-refractivity contribution is 7.89. The van der Waals surface area contributed by atoms with Crippen molar-refractivity contribution in [2.24, 2.45) is 5.41 Å². The number of nitrogens with zero attached hydrogens (tertiary/aromatic N) is 1. The summed E-state index contributed by atoms with van der Waals surface area (Å²) in [6.45, 7) is 6.42. The second kappa shape index (κ2) is 6.72. The summed E-state index contributed by atoms with van der Waals surface area (Å²) < 4.78 is 33.0. The van der Waals surface area contributed by atoms with E-state index in [0.717, 1.165) is 12.8 Å². The summed E-state index contributed by atoms with van der Waals surface area (Å²) in [4.78, 5) is 4.02. The quantitative estimate of drug-likeness (QED) is 0.834. The average molecular weight is 313 g/mol. The summed E-state index contributed by atoms with van der Waals surface area (Å²) in [7, 11) is -3.62. The van der Waals surface area contributed by atoms with Crippen molar-refractivity contribution in [3.05, 3.63) is 18.3 Å². The molecule has 1 aromatic rings. The van der Waals surface area contributed by atoms with E-state index in [1.807, 2.05) is 6.92 Å². The molecule has 2 N–H and O–H groups in total. The number of hydrogen-bond acceptors (Lipinski definition) is 5. The van der Waals surface area contributed by atoms with Crippen LogP contribution in [-0.2, 0) is 14.8 Å². The van der Waals surface area contributed by atoms with E-state index >= 15 is 0 Å². The minimum absolute atomic E-state index is 0.0571. The molecule has 0 aliphatic carbocycles. The first kappa shape index (κ1) is 16.2. The summed E-state index contributed by atoms with van der Waals surface area (Å²) in [6, 6.07) is 3.44. The monoisotopic (exact) mass is 313 g/mol. The summed E-state index contributed by atoms with van der Waals surface area (Å²) >= 11 is 0. The molecule has 0 amide bonds. The van der Waals surface area contributed by atoms with Gasteiger partial charge in [-0.25, -0.2) is 18.1 Å². The highest BCUT2D eigenvalue weighted by Gasteiger charge is 2.30. The molecular formula is C14H23N3O3S. The fourth-order valence-electron chi connectivity index (χ4n) is 2.31. The Balaban J connectivity index is 2.11. The van der Waals surface area contributed by atoms with Crippen molar-refractivity contribution in [1.29, 1.82) is 0 Å². The second-order valence-electron chi connectivity index (χ2n) is 5.63. The largest absolute Gasteiger partial charge is 0.383 e. The number of rotatable bonds is 6. The van der Waals surface area contributed by atoms with Crippen LogP contribution in [-0.4, -0.2) is 39.7 Å². The first-order chi connectivity index (χ1) is 9.97. The van der Waals surface area contributed by atoms with Crippen molar-refractivity contribution in [1.82, 2.24) is 9.71 Å². The lowest BCUT2D eigenvalue weighted by molar-refractivity contribution is 0.0264. The van der Waals surface area contributed by atoms with Crippen LogP contribution < -0.4 is 10.0 Å². The molecule has 0 aromatic carbocycles. The predicted molar refractivity (Wildman–Crippen MR) is 81.7 cm³/mol. The van der Waals surface area contributed by atoms with Gasteiger partial charge in [0.05, 0.1) is 5.69 Å². The lowest BCUT2D eigenvalue weighted by Crippen LogP contribution is -2.39. The number of anilines is 1. The SMILES string of the molecule is CCNc1cccnc1S(=O)(=O)NCC1(C)CCOCC1. The lowest BCUT2D eigenvalue weighted by Gasteiger charge is -2.33. The predicted octanol–water partition coefficient (Wildman–Crippen LogP) is 1.61. The van der Waals surface area contributed by atoms with Gasteiger partial charge < -0.3 is 10.1 Å². The Bertz CT molecular complexity index is 569. The molecule has 0 radical (unpaired) electrons. The third kappa shape index (κ3) is 4.15. The van der Waals surface area contributed by atoms with E-state index in [1.54, 1.807) is 12.1 Å². The Hall–Kier alpha value is -1.18. The van der Waals surface area contributed by atoms with Gasteiger partial charge in [-0.2, -0.15) is 0 Å². The van der Waals surface area contributed by atoms with E-state index in [1.165, 1.54) is 6.20 Å². The Kier molecular flexibility index (Phi) is 5.18. The van der Waals surface area contributed by atoms with Crippen molar-refractivity contribution in [2.45, 2.75) is 31.7 Å². The second-order valence-corrected chi connectivity index (χ2v) is 7.32. The Morgan fingerprint density at radius 3 is 2.76 bits per heavy atom. The molecule has 0 atom stereocenters. The van der Waals surface area contributed by atoms with E-state index in [2.05, 4.69) is 21.9 Å². The summed E-state index contributed by atoms with van der Waals surface area (Å²) in [5.41, 5.74) is 0.475. The van der Waals surface area contributed by atoms with Crippen molar-refractivity contribution in [2.75, 3.05) is 31.6 Å². The minimum Gasteiger partial charge on any atom is -0.383 e. The molecule has 0 bridgehead atoms. The van der Waals surface area contributed by atoms with Gasteiger partial charge in [-0.3, -0.25) is 0 Å². The van der Waals surface area contributed by atoms with Gasteiger partial charge in [-0.05, 0) is 37.3 Å². The van der Waals surface area contributed by atoms with Gasteiger partial charge in [0.25, 0.3) is 10.0 Å². The van der Waals surface area contributed by atoms with E-state index in [0.29, 0.717) is 32.0 Å². The number of nitrogens with one attached hydrogen (secondary N) is 2. The molecule has 1 saturated heterocycles. The van der Waals surface area contributed by atoms with Crippen molar-refractivity contribution < 1.29 is 13.2 Å². The van der Waals surface area contributed by atoms with Crippen molar-refractivity contribution in [3.8, 4) is 0 Å². The molecule has 6 nitrogen and oxygen atoms in total. The Labute approximate surface area is 126 Å². The number of aromatic nitrogens is 1. The Morgan fingerprint density at radius 2 is 2.10 bits per heavy atom. The first-order valence-electron chi connectivity index (χ1n) is 7.23. The molecule has 21 heavy (non-hydrogen) atoms. The van der Waals surface area contributed by atoms with Gasteiger partial charge in [0.1, 0.15) is 0 Å². The van der Waals surface area contributed by atoms with Crippen LogP contribution in [0.15, 0.2) is 23.4 Å². The van der Waals surface area contributed by atoms with Crippen LogP contribution >= 0.6 is 0 Å². The minimum atomic E-state index is -3.62. The molecule has 1 aromatic heterocycles. The molecule has 0 unspecified atom stereocenters. The molecule has 118 valence electrons. The van der Waals surface area contributed by atoms with Crippen LogP contribution in [0.25, 0.3) is 0 Å². The molecule has 1 aliphatic heterocycles. The maximum absolute atomic E-state index is 12.5. The summed E-state index contributed by atoms with van der Waals surface area (Å²) in [6.07, 6.45) is 3.21. The maximum Gasteiger partial charge on any atom is 0.260 e. The van der Waals surface area contributed by atoms with Gasteiger partial charge in [-0.15, -0.1) is 0 Å². The van der Waals surface area contributed by atoms with Gasteiger partial charge in [-0.1, -0.05) is 6.92 Å². The van der Waals surface area contributed by atoms with Gasteiger partial charge in [0, 0.05) is 32.5 Å². The Morgan fingerprint density at radius 1 is 1.38 bits per heavy atom. The van der Waals surface area contributed by atoms with Crippen LogP contribution in [0.4, 0.5) is 5.69 Å². The van der Waals surface area contributed by atoms with Gasteiger partial charge in [0.15, 0.2) is 5.03 Å². The van der Waals surface area contributed by atoms with Crippen LogP contribution in [0.5, 0.6) is 0 Å². The summed E-state index contributed by atoms with van der Waals surface area (Å²) in [5.74, 6) is 0. The smallest absolute Gasteiger partial charge is 0.260 e. The zero-order chi connectivity index (χ0) is 15.3. The van der Waals surface area contributed by atoms with E-state index in [9.17, 15) is 8.42 Å². The standard InChI is InChI=1S/C14H23N3O3S/c1-3-15-12-5-4-8-16-13(12)21(18,19)17-11-14(2)6-9-20-10-7-14/h4-5,8,15,17H,3,6-7,9-11H2,1-2H3. The van der Waals surface area contributed by atoms with Crippen LogP contribution in [0.3, 0.4) is 0 Å². The molecule has 1 fully saturated rings. The van der Waals surface area contributed by atoms with E-state index in [-0.39, 0.29) is 10.4 Å². The van der Waals surface area contributed by atoms with E-state index < -0.39 is 10.0 Å². The summed E-state index contributed by atoms with van der Waals surface area (Å²) in [5, 5.41) is 3.09. The highest BCUT2D eigenvalue weighted by Crippen LogP contribution is 2.29. The zero-order valence-electron chi connectivity index (χ0n) is 12.6. The number of hydrogen-bond donors (Lipinski definition) is 2. The third-order valence-corrected chi connectivity index (χ3v) is 5.14. The van der Waals surface area contributed by atoms with Crippen LogP contribution in [0.2, 0.25) is 0 Å². The molecule has 1 aliphatic rings. The van der Waals surface area contributed by atoms with Crippen LogP contribution in [0, 0.1) is 5.41 Å². The normalized spacial score (nSPS) is 18.4. The topological polar surface area (TPSA) is 80.3 Å². The van der Waals surface area contributed by atoms with Crippen molar-refractivity contribution >= 4 is 15.7 Å². The molecule has 0 saturated carbocycles. The average Bonchev–Trinajstić information content (AvgIpc) is 2.47. The van der Waals surface area contributed by atoms with Gasteiger partial charge in [0.2, 0.25) is 0 Å². The highest BCUT2D eigenvalue weighted by atomic mass is 32.2.